The maximum atomic E-state index is 13.5. The lowest BCUT2D eigenvalue weighted by Gasteiger charge is -2.36. The van der Waals surface area contributed by atoms with Crippen molar-refractivity contribution in [3.8, 4) is 5.75 Å². The summed E-state index contributed by atoms with van der Waals surface area (Å²) < 4.78 is 0.780. The molecule has 10 nitrogen and oxygen atoms in total. The number of phenols is 1. The van der Waals surface area contributed by atoms with Crippen LogP contribution in [0.25, 0.3) is 11.6 Å². The zero-order valence-corrected chi connectivity index (χ0v) is 25.3. The molecule has 0 saturated carbocycles. The summed E-state index contributed by atoms with van der Waals surface area (Å²) in [5.41, 5.74) is 2.80. The van der Waals surface area contributed by atoms with Crippen molar-refractivity contribution in [1.82, 2.24) is 9.88 Å². The fraction of sp³-hybridized carbons (Fsp3) is 0.438. The Morgan fingerprint density at radius 3 is 2.56 bits per heavy atom. The fourth-order valence-electron chi connectivity index (χ4n) is 6.22. The predicted molar refractivity (Wildman–Crippen MR) is 162 cm³/mol. The number of aliphatic hydroxyl groups is 3. The van der Waals surface area contributed by atoms with Crippen molar-refractivity contribution in [1.29, 1.82) is 0 Å². The minimum atomic E-state index is -1.11. The largest absolute Gasteiger partial charge is 0.507 e. The van der Waals surface area contributed by atoms with Crippen LogP contribution in [0.3, 0.4) is 0 Å². The van der Waals surface area contributed by atoms with Gasteiger partial charge in [0.2, 0.25) is 11.8 Å². The Kier molecular flexibility index (Phi) is 11.3. The third-order valence-electron chi connectivity index (χ3n) is 8.29. The zero-order chi connectivity index (χ0) is 31.1. The van der Waals surface area contributed by atoms with Crippen molar-refractivity contribution in [3.63, 3.8) is 0 Å². The second-order valence-electron chi connectivity index (χ2n) is 11.0. The molecule has 2 aromatic rings. The lowest BCUT2D eigenvalue weighted by molar-refractivity contribution is -0.141. The highest BCUT2D eigenvalue weighted by molar-refractivity contribution is 9.10. The van der Waals surface area contributed by atoms with Crippen LogP contribution < -0.4 is 0 Å². The van der Waals surface area contributed by atoms with E-state index in [2.05, 4.69) is 20.9 Å². The van der Waals surface area contributed by atoms with E-state index in [1.54, 1.807) is 36.5 Å². The van der Waals surface area contributed by atoms with Crippen LogP contribution in [0.1, 0.15) is 56.2 Å². The lowest BCUT2D eigenvalue weighted by Crippen LogP contribution is -2.39. The van der Waals surface area contributed by atoms with E-state index < -0.39 is 48.9 Å². The molecule has 4 atom stereocenters. The molecule has 5 N–H and O–H groups in total. The molecule has 2 amide bonds. The number of rotatable bonds is 14. The Balaban J connectivity index is 1.54. The third kappa shape index (κ3) is 7.59. The van der Waals surface area contributed by atoms with Gasteiger partial charge in [-0.1, -0.05) is 28.4 Å². The van der Waals surface area contributed by atoms with Gasteiger partial charge in [-0.25, -0.2) is 0 Å². The number of pyridine rings is 1. The summed E-state index contributed by atoms with van der Waals surface area (Å²) in [6.07, 6.45) is 4.44. The summed E-state index contributed by atoms with van der Waals surface area (Å²) in [7, 11) is 0. The van der Waals surface area contributed by atoms with Crippen molar-refractivity contribution in [2.75, 3.05) is 19.8 Å². The highest BCUT2D eigenvalue weighted by Gasteiger charge is 2.54. The maximum absolute atomic E-state index is 13.5. The number of aromatic nitrogens is 1. The molecule has 0 unspecified atom stereocenters. The van der Waals surface area contributed by atoms with E-state index in [0.717, 1.165) is 10.0 Å². The second-order valence-corrected chi connectivity index (χ2v) is 11.9. The molecule has 11 heteroatoms. The molecular weight excluding hydrogens is 620 g/mol. The summed E-state index contributed by atoms with van der Waals surface area (Å²) >= 11 is 3.42. The van der Waals surface area contributed by atoms with Gasteiger partial charge in [-0.2, -0.15) is 0 Å². The van der Waals surface area contributed by atoms with Crippen LogP contribution in [0.15, 0.2) is 58.2 Å². The fourth-order valence-corrected chi connectivity index (χ4v) is 6.60. The molecular formula is C32H37BrN2O8. The van der Waals surface area contributed by atoms with Crippen LogP contribution in [0.4, 0.5) is 0 Å². The number of carboxylic acids is 1. The molecule has 1 aromatic carbocycles. The van der Waals surface area contributed by atoms with Crippen LogP contribution in [-0.2, 0) is 14.4 Å². The minimum absolute atomic E-state index is 0.0199. The molecule has 1 aromatic heterocycles. The number of carboxylic acid groups (broad SMARTS) is 1. The number of aliphatic carboxylic acids is 1. The van der Waals surface area contributed by atoms with Gasteiger partial charge in [0.1, 0.15) is 5.75 Å². The second kappa shape index (κ2) is 14.9. The zero-order valence-electron chi connectivity index (χ0n) is 23.7. The Labute approximate surface area is 258 Å². The van der Waals surface area contributed by atoms with Gasteiger partial charge in [0.05, 0.1) is 36.8 Å². The molecule has 1 fully saturated rings. The van der Waals surface area contributed by atoms with Gasteiger partial charge in [0, 0.05) is 35.1 Å². The molecule has 230 valence electrons. The van der Waals surface area contributed by atoms with Gasteiger partial charge in [-0.05, 0) is 85.2 Å². The van der Waals surface area contributed by atoms with Crippen LogP contribution >= 0.6 is 15.9 Å². The number of fused-ring (bicyclic) bond motifs is 1. The Bertz CT molecular complexity index is 1390. The Morgan fingerprint density at radius 1 is 1.09 bits per heavy atom. The van der Waals surface area contributed by atoms with Gasteiger partial charge in [0.25, 0.3) is 0 Å². The van der Waals surface area contributed by atoms with Gasteiger partial charge >= 0.3 is 5.97 Å². The van der Waals surface area contributed by atoms with E-state index in [9.17, 15) is 34.8 Å². The SMILES string of the molecule is O=C(O)CCCCCN1C(=O)[C@@H]2[C@@H](CC(CO)=C([C@H](O)CC/C(=C/c3cc(Br)ccc3O)c3ccccn3)[C@@H]2CO)C1=O. The number of carbonyl (C=O) groups is 3. The monoisotopic (exact) mass is 656 g/mol. The standard InChI is InChI=1S/C32H37BrN2O8/c33-22-9-11-26(38)20(15-22)14-19(25-6-3-4-12-34-25)8-10-27(39)29-21(17-36)16-23-30(24(29)18-37)32(43)35(31(23)42)13-5-1-2-7-28(40)41/h3-4,6,9,11-12,14-15,23-24,27,30,36-39H,1-2,5,7-8,10,13,16-18H2,(H,40,41)/b19-14-/t23-,24+,27-,30-/m1/s1. The molecule has 4 rings (SSSR count). The molecule has 1 aliphatic carbocycles. The number of nitrogens with zero attached hydrogens (tertiary/aromatic N) is 2. The van der Waals surface area contributed by atoms with Crippen molar-refractivity contribution < 1.29 is 39.9 Å². The average molecular weight is 658 g/mol. The summed E-state index contributed by atoms with van der Waals surface area (Å²) in [5.74, 6) is -4.00. The van der Waals surface area contributed by atoms with Crippen molar-refractivity contribution in [3.05, 3.63) is 69.5 Å². The van der Waals surface area contributed by atoms with Gasteiger partial charge in [-0.3, -0.25) is 24.3 Å². The number of hydrogen-bond donors (Lipinski definition) is 5. The van der Waals surface area contributed by atoms with Crippen LogP contribution in [-0.4, -0.2) is 79.1 Å². The quantitative estimate of drug-likeness (QED) is 0.115. The van der Waals surface area contributed by atoms with Crippen molar-refractivity contribution >= 4 is 45.4 Å². The molecule has 0 spiro atoms. The minimum Gasteiger partial charge on any atom is -0.507 e. The topological polar surface area (TPSA) is 168 Å². The number of amides is 2. The molecule has 1 saturated heterocycles. The number of phenolic OH excluding ortho intramolecular Hbond substituents is 1. The first-order valence-electron chi connectivity index (χ1n) is 14.4. The third-order valence-corrected chi connectivity index (χ3v) is 8.79. The number of halogens is 1. The number of unbranched alkanes of at least 4 members (excludes halogenated alkanes) is 2. The number of allylic oxidation sites excluding steroid dienone is 1. The van der Waals surface area contributed by atoms with E-state index in [1.807, 2.05) is 12.1 Å². The number of aliphatic hydroxyl groups excluding tert-OH is 3. The molecule has 43 heavy (non-hydrogen) atoms. The number of aromatic hydroxyl groups is 1. The van der Waals surface area contributed by atoms with Crippen molar-refractivity contribution in [2.24, 2.45) is 17.8 Å². The van der Waals surface area contributed by atoms with Crippen LogP contribution in [0.5, 0.6) is 5.75 Å². The highest BCUT2D eigenvalue weighted by Crippen LogP contribution is 2.46. The summed E-state index contributed by atoms with van der Waals surface area (Å²) in [6, 6.07) is 10.5. The number of benzene rings is 1. The van der Waals surface area contributed by atoms with Gasteiger partial charge in [-0.15, -0.1) is 0 Å². The highest BCUT2D eigenvalue weighted by atomic mass is 79.9. The van der Waals surface area contributed by atoms with Gasteiger partial charge < -0.3 is 25.5 Å². The molecule has 2 aliphatic rings. The number of likely N-dealkylation sites (tertiary alicyclic amines) is 1. The van der Waals surface area contributed by atoms with E-state index in [-0.39, 0.29) is 37.5 Å². The van der Waals surface area contributed by atoms with Crippen LogP contribution in [0, 0.1) is 17.8 Å². The Hall–Kier alpha value is -3.38. The average Bonchev–Trinajstić information content (AvgIpc) is 3.24. The maximum Gasteiger partial charge on any atom is 0.303 e. The molecule has 0 radical (unpaired) electrons. The first kappa shape index (κ1) is 32.5. The number of carbonyl (C=O) groups excluding carboxylic acids is 2. The summed E-state index contributed by atoms with van der Waals surface area (Å²) in [4.78, 5) is 43.1. The molecule has 0 bridgehead atoms. The summed E-state index contributed by atoms with van der Waals surface area (Å²) in [6.45, 7) is -0.732. The first-order chi connectivity index (χ1) is 20.7. The number of imide groups is 1. The van der Waals surface area contributed by atoms with Crippen molar-refractivity contribution in [2.45, 2.75) is 51.0 Å². The van der Waals surface area contributed by atoms with E-state index in [4.69, 9.17) is 5.11 Å². The van der Waals surface area contributed by atoms with E-state index in [0.29, 0.717) is 48.1 Å². The van der Waals surface area contributed by atoms with Crippen LogP contribution in [0.2, 0.25) is 0 Å². The molecule has 1 aliphatic heterocycles. The number of hydrogen-bond acceptors (Lipinski definition) is 8. The summed E-state index contributed by atoms with van der Waals surface area (Å²) in [5, 5.41) is 51.4. The first-order valence-corrected chi connectivity index (χ1v) is 15.2. The van der Waals surface area contributed by atoms with E-state index in [1.165, 1.54) is 4.90 Å². The van der Waals surface area contributed by atoms with E-state index >= 15 is 0 Å². The lowest BCUT2D eigenvalue weighted by atomic mass is 9.68. The molecule has 2 heterocycles. The normalized spacial score (nSPS) is 21.3. The predicted octanol–water partition coefficient (Wildman–Crippen LogP) is 3.78. The van der Waals surface area contributed by atoms with Gasteiger partial charge in [0.15, 0.2) is 0 Å². The smallest absolute Gasteiger partial charge is 0.303 e. The Morgan fingerprint density at radius 2 is 1.88 bits per heavy atom.